The number of carbonyl (C=O) groups excluding carboxylic acids is 1. The minimum Gasteiger partial charge on any atom is -0.379 e. The summed E-state index contributed by atoms with van der Waals surface area (Å²) in [5, 5.41) is 3.05. The Kier molecular flexibility index (Phi) is 2.49. The molecule has 2 fully saturated rings. The van der Waals surface area contributed by atoms with Crippen LogP contribution in [0.5, 0.6) is 0 Å². The van der Waals surface area contributed by atoms with Gasteiger partial charge in [0.1, 0.15) is 0 Å². The van der Waals surface area contributed by atoms with Crippen molar-refractivity contribution in [2.75, 3.05) is 26.8 Å². The summed E-state index contributed by atoms with van der Waals surface area (Å²) in [4.78, 5) is 13.9. The van der Waals surface area contributed by atoms with E-state index in [0.29, 0.717) is 6.61 Å². The zero-order chi connectivity index (χ0) is 10.2. The van der Waals surface area contributed by atoms with Gasteiger partial charge in [0.05, 0.1) is 18.2 Å². The molecule has 4 heteroatoms. The molecule has 2 heterocycles. The van der Waals surface area contributed by atoms with Gasteiger partial charge in [0.2, 0.25) is 5.91 Å². The minimum atomic E-state index is -0.0529. The lowest BCUT2D eigenvalue weighted by Gasteiger charge is -2.34. The molecule has 4 nitrogen and oxygen atoms in total. The van der Waals surface area contributed by atoms with E-state index in [4.69, 9.17) is 4.74 Å². The third-order valence-electron chi connectivity index (χ3n) is 3.40. The van der Waals surface area contributed by atoms with Crippen LogP contribution in [0.1, 0.15) is 19.8 Å². The van der Waals surface area contributed by atoms with Gasteiger partial charge in [0.25, 0.3) is 0 Å². The van der Waals surface area contributed by atoms with Gasteiger partial charge in [-0.05, 0) is 26.8 Å². The molecule has 0 aliphatic carbocycles. The van der Waals surface area contributed by atoms with E-state index in [9.17, 15) is 4.79 Å². The van der Waals surface area contributed by atoms with Gasteiger partial charge in [-0.2, -0.15) is 0 Å². The second-order valence-corrected chi connectivity index (χ2v) is 4.42. The maximum atomic E-state index is 11.9. The zero-order valence-electron chi connectivity index (χ0n) is 8.88. The summed E-state index contributed by atoms with van der Waals surface area (Å²) in [5.74, 6) is 0.237. The van der Waals surface area contributed by atoms with Crippen molar-refractivity contribution in [1.82, 2.24) is 10.2 Å². The van der Waals surface area contributed by atoms with Gasteiger partial charge in [-0.25, -0.2) is 0 Å². The van der Waals surface area contributed by atoms with Crippen molar-refractivity contribution >= 4 is 5.91 Å². The number of nitrogens with one attached hydrogen (secondary N) is 1. The highest BCUT2D eigenvalue weighted by Crippen LogP contribution is 2.29. The third kappa shape index (κ3) is 1.42. The summed E-state index contributed by atoms with van der Waals surface area (Å²) in [7, 11) is 1.85. The predicted octanol–water partition coefficient (Wildman–Crippen LogP) is -0.0143. The molecule has 0 spiro atoms. The number of likely N-dealkylation sites (N-methyl/N-ethyl adjacent to an activating group) is 1. The molecule has 1 amide bonds. The summed E-state index contributed by atoms with van der Waals surface area (Å²) in [6.07, 6.45) is 1.89. The van der Waals surface area contributed by atoms with E-state index < -0.39 is 0 Å². The van der Waals surface area contributed by atoms with E-state index in [1.807, 2.05) is 11.9 Å². The van der Waals surface area contributed by atoms with Crippen LogP contribution < -0.4 is 5.32 Å². The fourth-order valence-electron chi connectivity index (χ4n) is 2.35. The first kappa shape index (κ1) is 9.93. The average molecular weight is 198 g/mol. The van der Waals surface area contributed by atoms with Gasteiger partial charge in [-0.15, -0.1) is 0 Å². The van der Waals surface area contributed by atoms with Crippen molar-refractivity contribution in [1.29, 1.82) is 0 Å². The van der Waals surface area contributed by atoms with Crippen molar-refractivity contribution in [3.05, 3.63) is 0 Å². The molecule has 14 heavy (non-hydrogen) atoms. The molecule has 0 radical (unpaired) electrons. The molecule has 80 valence electrons. The monoisotopic (exact) mass is 198 g/mol. The Morgan fingerprint density at radius 3 is 2.93 bits per heavy atom. The summed E-state index contributed by atoms with van der Waals surface area (Å²) in [6.45, 7) is 4.46. The van der Waals surface area contributed by atoms with Crippen LogP contribution in [-0.4, -0.2) is 49.2 Å². The largest absolute Gasteiger partial charge is 0.379 e. The van der Waals surface area contributed by atoms with Crippen molar-refractivity contribution in [2.45, 2.75) is 31.3 Å². The summed E-state index contributed by atoms with van der Waals surface area (Å²) in [5.41, 5.74) is -0.0529. The summed E-state index contributed by atoms with van der Waals surface area (Å²) in [6, 6.07) is 0.0208. The first-order valence-electron chi connectivity index (χ1n) is 5.24. The van der Waals surface area contributed by atoms with E-state index in [2.05, 4.69) is 12.2 Å². The van der Waals surface area contributed by atoms with Crippen LogP contribution >= 0.6 is 0 Å². The fourth-order valence-corrected chi connectivity index (χ4v) is 2.35. The lowest BCUT2D eigenvalue weighted by molar-refractivity contribution is -0.134. The summed E-state index contributed by atoms with van der Waals surface area (Å²) < 4.78 is 5.38. The van der Waals surface area contributed by atoms with E-state index in [1.165, 1.54) is 0 Å². The van der Waals surface area contributed by atoms with E-state index >= 15 is 0 Å². The number of amides is 1. The van der Waals surface area contributed by atoms with Crippen molar-refractivity contribution in [3.63, 3.8) is 0 Å². The Morgan fingerprint density at radius 1 is 1.64 bits per heavy atom. The third-order valence-corrected chi connectivity index (χ3v) is 3.40. The lowest BCUT2D eigenvalue weighted by atomic mass is 10.00. The topological polar surface area (TPSA) is 41.6 Å². The van der Waals surface area contributed by atoms with Crippen molar-refractivity contribution < 1.29 is 9.53 Å². The SMILES string of the molecule is CNC1CCN(C2(C)CCOC2)C1=O. The number of hydrogen-bond acceptors (Lipinski definition) is 3. The van der Waals surface area contributed by atoms with E-state index in [0.717, 1.165) is 26.0 Å². The zero-order valence-corrected chi connectivity index (χ0v) is 8.88. The van der Waals surface area contributed by atoms with Crippen molar-refractivity contribution in [2.24, 2.45) is 0 Å². The molecule has 2 atom stereocenters. The maximum absolute atomic E-state index is 11.9. The first-order chi connectivity index (χ1) is 6.67. The molecule has 2 aliphatic heterocycles. The molecular weight excluding hydrogens is 180 g/mol. The molecule has 0 saturated carbocycles. The molecule has 0 aromatic rings. The number of hydrogen-bond donors (Lipinski definition) is 1. The van der Waals surface area contributed by atoms with Crippen LogP contribution in [0.2, 0.25) is 0 Å². The molecule has 2 saturated heterocycles. The molecule has 2 aliphatic rings. The Bertz CT molecular complexity index is 236. The highest BCUT2D eigenvalue weighted by Gasteiger charge is 2.44. The molecular formula is C10H18N2O2. The second kappa shape index (κ2) is 3.51. The molecule has 0 bridgehead atoms. The van der Waals surface area contributed by atoms with Gasteiger partial charge in [-0.1, -0.05) is 0 Å². The van der Waals surface area contributed by atoms with Crippen LogP contribution in [-0.2, 0) is 9.53 Å². The van der Waals surface area contributed by atoms with E-state index in [1.54, 1.807) is 0 Å². The molecule has 0 aromatic heterocycles. The number of ether oxygens (including phenoxy) is 1. The van der Waals surface area contributed by atoms with Crippen LogP contribution in [0.15, 0.2) is 0 Å². The number of carbonyl (C=O) groups is 1. The predicted molar refractivity (Wildman–Crippen MR) is 53.0 cm³/mol. The smallest absolute Gasteiger partial charge is 0.240 e. The summed E-state index contributed by atoms with van der Waals surface area (Å²) >= 11 is 0. The molecule has 2 unspecified atom stereocenters. The van der Waals surface area contributed by atoms with Gasteiger partial charge in [0, 0.05) is 13.2 Å². The standard InChI is InChI=1S/C10H18N2O2/c1-10(4-6-14-7-10)12-5-3-8(11-2)9(12)13/h8,11H,3-7H2,1-2H3. The molecule has 1 N–H and O–H groups in total. The molecule has 0 aromatic carbocycles. The lowest BCUT2D eigenvalue weighted by Crippen LogP contribution is -2.50. The highest BCUT2D eigenvalue weighted by atomic mass is 16.5. The van der Waals surface area contributed by atoms with Crippen LogP contribution in [0.4, 0.5) is 0 Å². The quantitative estimate of drug-likeness (QED) is 0.678. The van der Waals surface area contributed by atoms with E-state index in [-0.39, 0.29) is 17.5 Å². The molecule has 2 rings (SSSR count). The highest BCUT2D eigenvalue weighted by molar-refractivity contribution is 5.84. The number of rotatable bonds is 2. The minimum absolute atomic E-state index is 0.0208. The van der Waals surface area contributed by atoms with Crippen molar-refractivity contribution in [3.8, 4) is 0 Å². The maximum Gasteiger partial charge on any atom is 0.240 e. The second-order valence-electron chi connectivity index (χ2n) is 4.42. The Hall–Kier alpha value is -0.610. The van der Waals surface area contributed by atoms with Gasteiger partial charge in [-0.3, -0.25) is 4.79 Å². The van der Waals surface area contributed by atoms with Gasteiger partial charge < -0.3 is 15.0 Å². The Morgan fingerprint density at radius 2 is 2.43 bits per heavy atom. The fraction of sp³-hybridized carbons (Fsp3) is 0.900. The van der Waals surface area contributed by atoms with Crippen LogP contribution in [0.3, 0.4) is 0 Å². The first-order valence-corrected chi connectivity index (χ1v) is 5.24. The van der Waals surface area contributed by atoms with Crippen LogP contribution in [0.25, 0.3) is 0 Å². The normalized spacial score (nSPS) is 38.3. The number of nitrogens with zero attached hydrogens (tertiary/aromatic N) is 1. The Balaban J connectivity index is 2.09. The van der Waals surface area contributed by atoms with Crippen LogP contribution in [0, 0.1) is 0 Å². The van der Waals surface area contributed by atoms with Gasteiger partial charge in [0.15, 0.2) is 0 Å². The number of likely N-dealkylation sites (tertiary alicyclic amines) is 1. The average Bonchev–Trinajstić information content (AvgIpc) is 2.73. The van der Waals surface area contributed by atoms with Gasteiger partial charge >= 0.3 is 0 Å². The Labute approximate surface area is 84.6 Å².